The van der Waals surface area contributed by atoms with Gasteiger partial charge >= 0.3 is 0 Å². The van der Waals surface area contributed by atoms with Gasteiger partial charge in [-0.05, 0) is 25.0 Å². The maximum absolute atomic E-state index is 6.42. The van der Waals surface area contributed by atoms with Crippen molar-refractivity contribution in [2.75, 3.05) is 0 Å². The number of rotatable bonds is 4. The topological polar surface area (TPSA) is 51.8 Å². The van der Waals surface area contributed by atoms with Crippen molar-refractivity contribution < 1.29 is 0 Å². The zero-order valence-corrected chi connectivity index (χ0v) is 13.2. The average Bonchev–Trinajstić information content (AvgIpc) is 3.12. The van der Waals surface area contributed by atoms with Crippen LogP contribution in [0.4, 0.5) is 0 Å². The largest absolute Gasteiger partial charge is 0.319 e. The van der Waals surface area contributed by atoms with E-state index in [0.29, 0.717) is 0 Å². The van der Waals surface area contributed by atoms with E-state index < -0.39 is 0 Å². The van der Waals surface area contributed by atoms with E-state index in [1.54, 1.807) is 22.7 Å². The Morgan fingerprint density at radius 1 is 1.15 bits per heavy atom. The summed E-state index contributed by atoms with van der Waals surface area (Å²) in [6, 6.07) is 8.18. The van der Waals surface area contributed by atoms with Gasteiger partial charge in [-0.1, -0.05) is 26.0 Å². The van der Waals surface area contributed by atoms with Crippen molar-refractivity contribution in [1.29, 1.82) is 0 Å². The van der Waals surface area contributed by atoms with Crippen LogP contribution < -0.4 is 5.73 Å². The highest BCUT2D eigenvalue weighted by Crippen LogP contribution is 2.34. The molecule has 2 N–H and O–H groups in total. The fraction of sp³-hybridized carbons (Fsp3) is 0.333. The molecule has 0 amide bonds. The van der Waals surface area contributed by atoms with Gasteiger partial charge in [-0.2, -0.15) is 0 Å². The predicted molar refractivity (Wildman–Crippen MR) is 87.2 cm³/mol. The highest BCUT2D eigenvalue weighted by molar-refractivity contribution is 7.21. The fourth-order valence-corrected chi connectivity index (χ4v) is 4.20. The smallest absolute Gasteiger partial charge is 0.143 e. The molecule has 0 aliphatic rings. The van der Waals surface area contributed by atoms with Crippen molar-refractivity contribution >= 4 is 32.9 Å². The molecule has 3 rings (SSSR count). The Morgan fingerprint density at radius 2 is 1.90 bits per heavy atom. The first-order valence-corrected chi connectivity index (χ1v) is 8.46. The molecule has 0 unspecified atom stereocenters. The fourth-order valence-electron chi connectivity index (χ4n) is 2.13. The molecule has 3 nitrogen and oxygen atoms in total. The Bertz CT molecular complexity index is 692. The van der Waals surface area contributed by atoms with E-state index in [-0.39, 0.29) is 5.54 Å². The van der Waals surface area contributed by atoms with Crippen molar-refractivity contribution in [1.82, 2.24) is 9.97 Å². The van der Waals surface area contributed by atoms with Gasteiger partial charge in [0.05, 0.1) is 15.8 Å². The van der Waals surface area contributed by atoms with Gasteiger partial charge in [0.1, 0.15) is 15.7 Å². The SMILES string of the molecule is CCC(N)(CC)c1nc(-c2nc3ccccc3s2)cs1. The third-order valence-corrected chi connectivity index (χ3v) is 5.83. The van der Waals surface area contributed by atoms with Crippen LogP contribution in [0.15, 0.2) is 29.6 Å². The Hall–Kier alpha value is -1.30. The molecule has 0 atom stereocenters. The first-order valence-electron chi connectivity index (χ1n) is 6.77. The number of nitrogens with zero attached hydrogens (tertiary/aromatic N) is 2. The third-order valence-electron chi connectivity index (χ3n) is 3.70. The first-order chi connectivity index (χ1) is 9.66. The van der Waals surface area contributed by atoms with Crippen LogP contribution in [-0.2, 0) is 5.54 Å². The van der Waals surface area contributed by atoms with Gasteiger partial charge in [0.25, 0.3) is 0 Å². The van der Waals surface area contributed by atoms with Gasteiger partial charge in [-0.25, -0.2) is 9.97 Å². The van der Waals surface area contributed by atoms with Crippen LogP contribution in [0.2, 0.25) is 0 Å². The first kappa shape index (κ1) is 13.7. The Balaban J connectivity index is 2.01. The summed E-state index contributed by atoms with van der Waals surface area (Å²) in [5.41, 5.74) is 8.09. The zero-order valence-electron chi connectivity index (χ0n) is 11.6. The van der Waals surface area contributed by atoms with Gasteiger partial charge in [-0.15, -0.1) is 22.7 Å². The second-order valence-corrected chi connectivity index (χ2v) is 6.78. The molecule has 20 heavy (non-hydrogen) atoms. The second-order valence-electron chi connectivity index (χ2n) is 4.89. The van der Waals surface area contributed by atoms with Gasteiger partial charge in [0.15, 0.2) is 0 Å². The number of para-hydroxylation sites is 1. The van der Waals surface area contributed by atoms with Gasteiger partial charge in [-0.3, -0.25) is 0 Å². The Morgan fingerprint density at radius 3 is 2.60 bits per heavy atom. The molecule has 5 heteroatoms. The molecule has 0 saturated carbocycles. The van der Waals surface area contributed by atoms with Crippen molar-refractivity contribution in [3.63, 3.8) is 0 Å². The Kier molecular flexibility index (Phi) is 3.58. The molecule has 0 fully saturated rings. The average molecular weight is 303 g/mol. The van der Waals surface area contributed by atoms with Gasteiger partial charge in [0, 0.05) is 5.38 Å². The number of hydrogen-bond acceptors (Lipinski definition) is 5. The molecular weight excluding hydrogens is 286 g/mol. The third kappa shape index (κ3) is 2.26. The second kappa shape index (κ2) is 5.24. The summed E-state index contributed by atoms with van der Waals surface area (Å²) < 4.78 is 1.20. The lowest BCUT2D eigenvalue weighted by Crippen LogP contribution is -2.34. The summed E-state index contributed by atoms with van der Waals surface area (Å²) in [5.74, 6) is 0. The number of hydrogen-bond donors (Lipinski definition) is 1. The van der Waals surface area contributed by atoms with E-state index in [1.807, 2.05) is 18.2 Å². The number of aromatic nitrogens is 2. The molecule has 2 heterocycles. The van der Waals surface area contributed by atoms with E-state index in [2.05, 4.69) is 30.3 Å². The van der Waals surface area contributed by atoms with E-state index in [9.17, 15) is 0 Å². The highest BCUT2D eigenvalue weighted by Gasteiger charge is 2.27. The minimum Gasteiger partial charge on any atom is -0.319 e. The van der Waals surface area contributed by atoms with Crippen LogP contribution in [0.5, 0.6) is 0 Å². The zero-order chi connectivity index (χ0) is 14.2. The molecule has 0 bridgehead atoms. The molecule has 0 spiro atoms. The lowest BCUT2D eigenvalue weighted by Gasteiger charge is -2.23. The van der Waals surface area contributed by atoms with E-state index in [0.717, 1.165) is 34.1 Å². The van der Waals surface area contributed by atoms with Crippen LogP contribution >= 0.6 is 22.7 Å². The maximum Gasteiger partial charge on any atom is 0.143 e. The minimum atomic E-state index is -0.306. The normalized spacial score (nSPS) is 12.2. The number of nitrogens with two attached hydrogens (primary N) is 1. The summed E-state index contributed by atoms with van der Waals surface area (Å²) in [6.45, 7) is 4.23. The lowest BCUT2D eigenvalue weighted by atomic mass is 9.95. The molecule has 1 aromatic carbocycles. The molecule has 2 aromatic heterocycles. The maximum atomic E-state index is 6.42. The predicted octanol–water partition coefficient (Wildman–Crippen LogP) is 4.39. The van der Waals surface area contributed by atoms with E-state index >= 15 is 0 Å². The summed E-state index contributed by atoms with van der Waals surface area (Å²) in [5, 5.41) is 4.06. The van der Waals surface area contributed by atoms with Crippen molar-refractivity contribution in [3.8, 4) is 10.7 Å². The van der Waals surface area contributed by atoms with Gasteiger partial charge in [0.2, 0.25) is 0 Å². The van der Waals surface area contributed by atoms with E-state index in [1.165, 1.54) is 4.70 Å². The summed E-state index contributed by atoms with van der Waals surface area (Å²) in [6.07, 6.45) is 1.80. The molecule has 0 aliphatic heterocycles. The summed E-state index contributed by atoms with van der Waals surface area (Å²) >= 11 is 3.32. The van der Waals surface area contributed by atoms with Crippen LogP contribution in [0.1, 0.15) is 31.7 Å². The molecule has 0 radical (unpaired) electrons. The number of fused-ring (bicyclic) bond motifs is 1. The molecule has 0 aliphatic carbocycles. The summed E-state index contributed by atoms with van der Waals surface area (Å²) in [7, 11) is 0. The minimum absolute atomic E-state index is 0.306. The molecule has 104 valence electrons. The highest BCUT2D eigenvalue weighted by atomic mass is 32.1. The van der Waals surface area contributed by atoms with Crippen LogP contribution in [-0.4, -0.2) is 9.97 Å². The number of benzene rings is 1. The van der Waals surface area contributed by atoms with Crippen LogP contribution in [0.3, 0.4) is 0 Å². The van der Waals surface area contributed by atoms with Crippen LogP contribution in [0, 0.1) is 0 Å². The van der Waals surface area contributed by atoms with Crippen molar-refractivity contribution in [3.05, 3.63) is 34.7 Å². The van der Waals surface area contributed by atoms with Crippen molar-refractivity contribution in [2.24, 2.45) is 5.73 Å². The van der Waals surface area contributed by atoms with Crippen LogP contribution in [0.25, 0.3) is 20.9 Å². The Labute approximate surface area is 126 Å². The number of thiazole rings is 2. The molecule has 3 aromatic rings. The van der Waals surface area contributed by atoms with E-state index in [4.69, 9.17) is 10.7 Å². The monoisotopic (exact) mass is 303 g/mol. The molecular formula is C15H17N3S2. The van der Waals surface area contributed by atoms with Crippen molar-refractivity contribution in [2.45, 2.75) is 32.2 Å². The van der Waals surface area contributed by atoms with Gasteiger partial charge < -0.3 is 5.73 Å². The summed E-state index contributed by atoms with van der Waals surface area (Å²) in [4.78, 5) is 9.38. The standard InChI is InChI=1S/C15H17N3S2/c1-3-15(16,4-2)14-18-11(9-19-14)13-17-10-7-5-6-8-12(10)20-13/h5-9H,3-4,16H2,1-2H3. The lowest BCUT2D eigenvalue weighted by molar-refractivity contribution is 0.411. The quantitative estimate of drug-likeness (QED) is 0.777. The molecule has 0 saturated heterocycles.